The van der Waals surface area contributed by atoms with Gasteiger partial charge in [0.1, 0.15) is 10.8 Å². The molecule has 100 valence electrons. The largest absolute Gasteiger partial charge is 0.497 e. The molecular formula is C13H13ClN2O2S. The van der Waals surface area contributed by atoms with E-state index in [1.807, 2.05) is 24.3 Å². The SMILES string of the molecule is COc1ccc(CC(=O)Nc2snc(C)c2Cl)cc1. The Bertz CT molecular complexity index is 581. The molecule has 2 aromatic rings. The molecule has 0 aliphatic rings. The molecule has 0 aliphatic heterocycles. The van der Waals surface area contributed by atoms with Crippen LogP contribution in [0, 0.1) is 6.92 Å². The number of aromatic nitrogens is 1. The Morgan fingerprint density at radius 1 is 1.42 bits per heavy atom. The molecule has 0 atom stereocenters. The lowest BCUT2D eigenvalue weighted by atomic mass is 10.1. The third-order valence-electron chi connectivity index (χ3n) is 2.57. The van der Waals surface area contributed by atoms with Crippen LogP contribution < -0.4 is 10.1 Å². The van der Waals surface area contributed by atoms with Crippen molar-refractivity contribution in [2.24, 2.45) is 0 Å². The number of rotatable bonds is 4. The van der Waals surface area contributed by atoms with Crippen molar-refractivity contribution in [2.45, 2.75) is 13.3 Å². The van der Waals surface area contributed by atoms with E-state index < -0.39 is 0 Å². The van der Waals surface area contributed by atoms with Gasteiger partial charge in [-0.3, -0.25) is 4.79 Å². The maximum Gasteiger partial charge on any atom is 0.229 e. The molecular weight excluding hydrogens is 284 g/mol. The summed E-state index contributed by atoms with van der Waals surface area (Å²) < 4.78 is 9.14. The van der Waals surface area contributed by atoms with E-state index in [0.29, 0.717) is 10.0 Å². The summed E-state index contributed by atoms with van der Waals surface area (Å²) in [4.78, 5) is 11.9. The number of carbonyl (C=O) groups is 1. The monoisotopic (exact) mass is 296 g/mol. The molecule has 0 bridgehead atoms. The highest BCUT2D eigenvalue weighted by molar-refractivity contribution is 7.11. The molecule has 6 heteroatoms. The van der Waals surface area contributed by atoms with E-state index in [1.54, 1.807) is 14.0 Å². The highest BCUT2D eigenvalue weighted by Crippen LogP contribution is 2.29. The minimum Gasteiger partial charge on any atom is -0.497 e. The minimum atomic E-state index is -0.115. The predicted octanol–water partition coefficient (Wildman–Crippen LogP) is 3.29. The van der Waals surface area contributed by atoms with Gasteiger partial charge in [-0.25, -0.2) is 0 Å². The Morgan fingerprint density at radius 3 is 2.63 bits per heavy atom. The standard InChI is InChI=1S/C13H13ClN2O2S/c1-8-12(14)13(19-16-8)15-11(17)7-9-3-5-10(18-2)6-4-9/h3-6H,7H2,1-2H3,(H,15,17). The van der Waals surface area contributed by atoms with Crippen molar-refractivity contribution in [2.75, 3.05) is 12.4 Å². The molecule has 1 heterocycles. The van der Waals surface area contributed by atoms with Crippen LogP contribution in [0.5, 0.6) is 5.75 Å². The molecule has 1 amide bonds. The lowest BCUT2D eigenvalue weighted by Gasteiger charge is -2.04. The summed E-state index contributed by atoms with van der Waals surface area (Å²) >= 11 is 7.20. The zero-order valence-electron chi connectivity index (χ0n) is 10.6. The van der Waals surface area contributed by atoms with Crippen LogP contribution in [0.4, 0.5) is 5.00 Å². The second-order valence-corrected chi connectivity index (χ2v) is 5.14. The number of aryl methyl sites for hydroxylation is 1. The van der Waals surface area contributed by atoms with Gasteiger partial charge in [0.25, 0.3) is 0 Å². The number of benzene rings is 1. The van der Waals surface area contributed by atoms with Crippen molar-refractivity contribution < 1.29 is 9.53 Å². The normalized spacial score (nSPS) is 10.3. The maximum atomic E-state index is 11.9. The van der Waals surface area contributed by atoms with Crippen LogP contribution in [0.15, 0.2) is 24.3 Å². The van der Waals surface area contributed by atoms with E-state index in [1.165, 1.54) is 11.5 Å². The number of hydrogen-bond acceptors (Lipinski definition) is 4. The number of carbonyl (C=O) groups excluding carboxylic acids is 1. The maximum absolute atomic E-state index is 11.9. The lowest BCUT2D eigenvalue weighted by Crippen LogP contribution is -2.13. The molecule has 4 nitrogen and oxygen atoms in total. The number of nitrogens with one attached hydrogen (secondary N) is 1. The van der Waals surface area contributed by atoms with Crippen molar-refractivity contribution in [3.63, 3.8) is 0 Å². The molecule has 1 aromatic heterocycles. The fraction of sp³-hybridized carbons (Fsp3) is 0.231. The van der Waals surface area contributed by atoms with Gasteiger partial charge in [-0.1, -0.05) is 23.7 Å². The zero-order chi connectivity index (χ0) is 13.8. The first kappa shape index (κ1) is 13.8. The summed E-state index contributed by atoms with van der Waals surface area (Å²) in [7, 11) is 1.61. The van der Waals surface area contributed by atoms with Gasteiger partial charge >= 0.3 is 0 Å². The van der Waals surface area contributed by atoms with Crippen LogP contribution >= 0.6 is 23.1 Å². The number of amides is 1. The number of nitrogens with zero attached hydrogens (tertiary/aromatic N) is 1. The average Bonchev–Trinajstić information content (AvgIpc) is 2.71. The summed E-state index contributed by atoms with van der Waals surface area (Å²) in [5.74, 6) is 0.654. The van der Waals surface area contributed by atoms with Crippen LogP contribution in [0.25, 0.3) is 0 Å². The lowest BCUT2D eigenvalue weighted by molar-refractivity contribution is -0.115. The Balaban J connectivity index is 1.99. The van der Waals surface area contributed by atoms with Gasteiger partial charge in [0.2, 0.25) is 5.91 Å². The molecule has 2 rings (SSSR count). The van der Waals surface area contributed by atoms with Crippen LogP contribution in [0.2, 0.25) is 5.02 Å². The van der Waals surface area contributed by atoms with Crippen LogP contribution in [-0.2, 0) is 11.2 Å². The fourth-order valence-corrected chi connectivity index (χ4v) is 2.49. The molecule has 0 radical (unpaired) electrons. The summed E-state index contributed by atoms with van der Waals surface area (Å²) in [5, 5.41) is 3.86. The van der Waals surface area contributed by atoms with Crippen molar-refractivity contribution in [1.29, 1.82) is 0 Å². The van der Waals surface area contributed by atoms with Crippen molar-refractivity contribution in [3.8, 4) is 5.75 Å². The van der Waals surface area contributed by atoms with E-state index in [4.69, 9.17) is 16.3 Å². The quantitative estimate of drug-likeness (QED) is 0.942. The Morgan fingerprint density at radius 2 is 2.11 bits per heavy atom. The zero-order valence-corrected chi connectivity index (χ0v) is 12.1. The summed E-state index contributed by atoms with van der Waals surface area (Å²) in [6, 6.07) is 7.37. The van der Waals surface area contributed by atoms with Crippen LogP contribution in [0.3, 0.4) is 0 Å². The fourth-order valence-electron chi connectivity index (χ4n) is 1.54. The number of hydrogen-bond donors (Lipinski definition) is 1. The van der Waals surface area contributed by atoms with E-state index in [9.17, 15) is 4.79 Å². The Hall–Kier alpha value is -1.59. The van der Waals surface area contributed by atoms with E-state index >= 15 is 0 Å². The van der Waals surface area contributed by atoms with Crippen molar-refractivity contribution in [1.82, 2.24) is 4.37 Å². The number of methoxy groups -OCH3 is 1. The molecule has 19 heavy (non-hydrogen) atoms. The summed E-state index contributed by atoms with van der Waals surface area (Å²) in [6.45, 7) is 1.80. The molecule has 0 spiro atoms. The predicted molar refractivity (Wildman–Crippen MR) is 77.2 cm³/mol. The highest BCUT2D eigenvalue weighted by atomic mass is 35.5. The highest BCUT2D eigenvalue weighted by Gasteiger charge is 2.11. The molecule has 0 aliphatic carbocycles. The average molecular weight is 297 g/mol. The van der Waals surface area contributed by atoms with Gasteiger partial charge in [-0.05, 0) is 36.2 Å². The third kappa shape index (κ3) is 3.45. The second-order valence-electron chi connectivity index (χ2n) is 3.98. The number of halogens is 1. The van der Waals surface area contributed by atoms with E-state index in [0.717, 1.165) is 17.0 Å². The van der Waals surface area contributed by atoms with Gasteiger partial charge in [0.15, 0.2) is 0 Å². The molecule has 0 unspecified atom stereocenters. The van der Waals surface area contributed by atoms with Crippen LogP contribution in [0.1, 0.15) is 11.3 Å². The molecule has 1 aromatic carbocycles. The van der Waals surface area contributed by atoms with Gasteiger partial charge in [0.05, 0.1) is 24.2 Å². The van der Waals surface area contributed by atoms with Gasteiger partial charge in [-0.2, -0.15) is 4.37 Å². The number of ether oxygens (including phenoxy) is 1. The topological polar surface area (TPSA) is 51.2 Å². The molecule has 1 N–H and O–H groups in total. The first-order chi connectivity index (χ1) is 9.10. The van der Waals surface area contributed by atoms with Crippen LogP contribution in [-0.4, -0.2) is 17.4 Å². The first-order valence-corrected chi connectivity index (χ1v) is 6.80. The minimum absolute atomic E-state index is 0.115. The Kier molecular flexibility index (Phi) is 4.39. The molecule has 0 saturated heterocycles. The van der Waals surface area contributed by atoms with Gasteiger partial charge < -0.3 is 10.1 Å². The summed E-state index contributed by atoms with van der Waals surface area (Å²) in [6.07, 6.45) is 0.289. The summed E-state index contributed by atoms with van der Waals surface area (Å²) in [5.41, 5.74) is 1.64. The van der Waals surface area contributed by atoms with Crippen molar-refractivity contribution in [3.05, 3.63) is 40.5 Å². The van der Waals surface area contributed by atoms with Crippen molar-refractivity contribution >= 4 is 34.0 Å². The van der Waals surface area contributed by atoms with Gasteiger partial charge in [0, 0.05) is 0 Å². The number of anilines is 1. The first-order valence-electron chi connectivity index (χ1n) is 5.64. The molecule has 0 fully saturated rings. The van der Waals surface area contributed by atoms with E-state index in [-0.39, 0.29) is 12.3 Å². The smallest absolute Gasteiger partial charge is 0.229 e. The Labute approximate surface area is 120 Å². The van der Waals surface area contributed by atoms with Gasteiger partial charge in [-0.15, -0.1) is 0 Å². The molecule has 0 saturated carbocycles. The second kappa shape index (κ2) is 6.04. The third-order valence-corrected chi connectivity index (χ3v) is 4.00. The van der Waals surface area contributed by atoms with E-state index in [2.05, 4.69) is 9.69 Å².